The number of nitrogens with zero attached hydrogens (tertiary/aromatic N) is 3. The van der Waals surface area contributed by atoms with E-state index in [9.17, 15) is 5.11 Å². The average molecular weight is 323 g/mol. The molecule has 2 heterocycles. The molecule has 4 rings (SSSR count). The number of hydrogen-bond acceptors (Lipinski definition) is 4. The number of phenolic OH excluding ortho intramolecular Hbond substituents is 1. The molecule has 1 N–H and O–H groups in total. The van der Waals surface area contributed by atoms with Crippen molar-refractivity contribution in [3.8, 4) is 17.1 Å². The lowest BCUT2D eigenvalue weighted by Crippen LogP contribution is -2.32. The monoisotopic (exact) mass is 323 g/mol. The summed E-state index contributed by atoms with van der Waals surface area (Å²) in [6.07, 6.45) is 7.09. The standard InChI is InChI=1S/C20H25N3O/c1-14-9-10-15-17(13-14)21-19(16-7-3-4-8-18(16)24)22-20(15)23-11-5-2-6-12-23/h3-4,7-8,14,24H,2,5-6,9-13H2,1H3/t14-/m1/s1. The van der Waals surface area contributed by atoms with Crippen LogP contribution in [0.1, 0.15) is 43.9 Å². The van der Waals surface area contributed by atoms with Crippen LogP contribution in [0.2, 0.25) is 0 Å². The van der Waals surface area contributed by atoms with Gasteiger partial charge in [0, 0.05) is 18.7 Å². The van der Waals surface area contributed by atoms with Gasteiger partial charge in [-0.05, 0) is 56.6 Å². The van der Waals surface area contributed by atoms with Gasteiger partial charge in [0.15, 0.2) is 5.82 Å². The van der Waals surface area contributed by atoms with E-state index in [-0.39, 0.29) is 5.75 Å². The van der Waals surface area contributed by atoms with Gasteiger partial charge in [-0.25, -0.2) is 9.97 Å². The third-order valence-electron chi connectivity index (χ3n) is 5.30. The van der Waals surface area contributed by atoms with E-state index in [1.165, 1.54) is 36.9 Å². The lowest BCUT2D eigenvalue weighted by molar-refractivity contribution is 0.475. The average Bonchev–Trinajstić information content (AvgIpc) is 2.61. The fourth-order valence-electron chi connectivity index (χ4n) is 3.92. The summed E-state index contributed by atoms with van der Waals surface area (Å²) >= 11 is 0. The van der Waals surface area contributed by atoms with Crippen LogP contribution in [0.25, 0.3) is 11.4 Å². The molecule has 0 spiro atoms. The van der Waals surface area contributed by atoms with Crippen LogP contribution < -0.4 is 4.90 Å². The van der Waals surface area contributed by atoms with Crippen LogP contribution in [-0.4, -0.2) is 28.2 Å². The van der Waals surface area contributed by atoms with Gasteiger partial charge in [0.1, 0.15) is 11.6 Å². The summed E-state index contributed by atoms with van der Waals surface area (Å²) in [5.41, 5.74) is 3.26. The Balaban J connectivity index is 1.83. The van der Waals surface area contributed by atoms with Gasteiger partial charge in [-0.3, -0.25) is 0 Å². The van der Waals surface area contributed by atoms with Crippen molar-refractivity contribution in [2.24, 2.45) is 5.92 Å². The molecule has 4 nitrogen and oxygen atoms in total. The quantitative estimate of drug-likeness (QED) is 0.908. The largest absolute Gasteiger partial charge is 0.507 e. The van der Waals surface area contributed by atoms with Crippen LogP contribution in [0, 0.1) is 5.92 Å². The van der Waals surface area contributed by atoms with Gasteiger partial charge in [0.25, 0.3) is 0 Å². The minimum absolute atomic E-state index is 0.255. The second-order valence-corrected chi connectivity index (χ2v) is 7.21. The third kappa shape index (κ3) is 2.85. The van der Waals surface area contributed by atoms with Crippen LogP contribution in [0.15, 0.2) is 24.3 Å². The maximum absolute atomic E-state index is 10.2. The number of anilines is 1. The lowest BCUT2D eigenvalue weighted by Gasteiger charge is -2.32. The summed E-state index contributed by atoms with van der Waals surface area (Å²) in [6, 6.07) is 7.39. The van der Waals surface area contributed by atoms with E-state index in [1.807, 2.05) is 18.2 Å². The summed E-state index contributed by atoms with van der Waals surface area (Å²) in [5.74, 6) is 2.70. The Labute approximate surface area is 143 Å². The molecule has 1 aliphatic carbocycles. The Morgan fingerprint density at radius 1 is 1.08 bits per heavy atom. The van der Waals surface area contributed by atoms with Gasteiger partial charge in [-0.2, -0.15) is 0 Å². The molecule has 2 aromatic rings. The maximum atomic E-state index is 10.2. The molecule has 1 atom stereocenters. The molecule has 0 bridgehead atoms. The number of phenols is 1. The highest BCUT2D eigenvalue weighted by Gasteiger charge is 2.26. The van der Waals surface area contributed by atoms with Crippen molar-refractivity contribution in [3.63, 3.8) is 0 Å². The first-order chi connectivity index (χ1) is 11.7. The second kappa shape index (κ2) is 6.42. The van der Waals surface area contributed by atoms with Crippen molar-refractivity contribution in [2.75, 3.05) is 18.0 Å². The summed E-state index contributed by atoms with van der Waals surface area (Å²) < 4.78 is 0. The number of rotatable bonds is 2. The summed E-state index contributed by atoms with van der Waals surface area (Å²) in [6.45, 7) is 4.46. The molecule has 1 aromatic heterocycles. The Kier molecular flexibility index (Phi) is 4.13. The summed E-state index contributed by atoms with van der Waals surface area (Å²) in [5, 5.41) is 10.2. The molecular formula is C20H25N3O. The molecule has 2 aliphatic rings. The third-order valence-corrected chi connectivity index (χ3v) is 5.30. The molecule has 1 saturated heterocycles. The van der Waals surface area contributed by atoms with Crippen LogP contribution >= 0.6 is 0 Å². The van der Waals surface area contributed by atoms with E-state index >= 15 is 0 Å². The second-order valence-electron chi connectivity index (χ2n) is 7.21. The number of benzene rings is 1. The molecule has 0 amide bonds. The van der Waals surface area contributed by atoms with Gasteiger partial charge in [0.2, 0.25) is 0 Å². The Morgan fingerprint density at radius 3 is 2.67 bits per heavy atom. The smallest absolute Gasteiger partial charge is 0.165 e. The number of fused-ring (bicyclic) bond motifs is 1. The Hall–Kier alpha value is -2.10. The fourth-order valence-corrected chi connectivity index (χ4v) is 3.92. The first-order valence-corrected chi connectivity index (χ1v) is 9.15. The molecule has 1 fully saturated rings. The number of para-hydroxylation sites is 1. The van der Waals surface area contributed by atoms with Gasteiger partial charge in [0.05, 0.1) is 11.3 Å². The zero-order chi connectivity index (χ0) is 16.5. The van der Waals surface area contributed by atoms with E-state index in [1.54, 1.807) is 6.07 Å². The van der Waals surface area contributed by atoms with Crippen LogP contribution in [0.5, 0.6) is 5.75 Å². The number of aromatic nitrogens is 2. The molecule has 126 valence electrons. The SMILES string of the molecule is C[C@@H]1CCc2c(nc(-c3ccccc3O)nc2N2CCCCC2)C1. The van der Waals surface area contributed by atoms with E-state index in [2.05, 4.69) is 11.8 Å². The lowest BCUT2D eigenvalue weighted by atomic mass is 9.88. The minimum Gasteiger partial charge on any atom is -0.507 e. The molecule has 1 aliphatic heterocycles. The maximum Gasteiger partial charge on any atom is 0.165 e. The molecule has 0 saturated carbocycles. The Bertz CT molecular complexity index is 738. The van der Waals surface area contributed by atoms with Gasteiger partial charge < -0.3 is 10.0 Å². The van der Waals surface area contributed by atoms with Crippen LogP contribution in [0.3, 0.4) is 0 Å². The minimum atomic E-state index is 0.255. The molecule has 0 radical (unpaired) electrons. The van der Waals surface area contributed by atoms with Crippen molar-refractivity contribution in [1.29, 1.82) is 0 Å². The molecule has 1 aromatic carbocycles. The van der Waals surface area contributed by atoms with Gasteiger partial charge in [-0.1, -0.05) is 19.1 Å². The Morgan fingerprint density at radius 2 is 1.88 bits per heavy atom. The summed E-state index contributed by atoms with van der Waals surface area (Å²) in [7, 11) is 0. The van der Waals surface area contributed by atoms with Gasteiger partial charge >= 0.3 is 0 Å². The highest BCUT2D eigenvalue weighted by Crippen LogP contribution is 2.35. The highest BCUT2D eigenvalue weighted by atomic mass is 16.3. The van der Waals surface area contributed by atoms with E-state index < -0.39 is 0 Å². The highest BCUT2D eigenvalue weighted by molar-refractivity contribution is 5.66. The van der Waals surface area contributed by atoms with Crippen molar-refractivity contribution in [1.82, 2.24) is 9.97 Å². The van der Waals surface area contributed by atoms with E-state index in [0.717, 1.165) is 37.3 Å². The first kappa shape index (κ1) is 15.4. The normalized spacial score (nSPS) is 20.7. The fraction of sp³-hybridized carbons (Fsp3) is 0.500. The first-order valence-electron chi connectivity index (χ1n) is 9.15. The number of piperidine rings is 1. The van der Waals surface area contributed by atoms with Crippen LogP contribution in [0.4, 0.5) is 5.82 Å². The number of hydrogen-bond donors (Lipinski definition) is 1. The predicted molar refractivity (Wildman–Crippen MR) is 96.4 cm³/mol. The van der Waals surface area contributed by atoms with Gasteiger partial charge in [-0.15, -0.1) is 0 Å². The van der Waals surface area contributed by atoms with Crippen LogP contribution in [-0.2, 0) is 12.8 Å². The van der Waals surface area contributed by atoms with Crippen molar-refractivity contribution >= 4 is 5.82 Å². The van der Waals surface area contributed by atoms with Crippen molar-refractivity contribution in [3.05, 3.63) is 35.5 Å². The predicted octanol–water partition coefficient (Wildman–Crippen LogP) is 3.96. The van der Waals surface area contributed by atoms with Crippen molar-refractivity contribution < 1.29 is 5.11 Å². The molecule has 24 heavy (non-hydrogen) atoms. The topological polar surface area (TPSA) is 49.3 Å². The zero-order valence-corrected chi connectivity index (χ0v) is 14.3. The number of aromatic hydroxyl groups is 1. The zero-order valence-electron chi connectivity index (χ0n) is 14.3. The molecular weight excluding hydrogens is 298 g/mol. The van der Waals surface area contributed by atoms with Crippen molar-refractivity contribution in [2.45, 2.75) is 45.4 Å². The molecule has 0 unspecified atom stereocenters. The van der Waals surface area contributed by atoms with E-state index in [0.29, 0.717) is 11.7 Å². The summed E-state index contributed by atoms with van der Waals surface area (Å²) in [4.78, 5) is 12.2. The molecule has 4 heteroatoms. The van der Waals surface area contributed by atoms with E-state index in [4.69, 9.17) is 9.97 Å².